The fraction of sp³-hybridized carbons (Fsp3) is 0.318. The van der Waals surface area contributed by atoms with Crippen molar-refractivity contribution in [3.05, 3.63) is 48.0 Å². The first kappa shape index (κ1) is 21.4. The van der Waals surface area contributed by atoms with Gasteiger partial charge in [0.1, 0.15) is 13.0 Å². The Morgan fingerprint density at radius 1 is 0.909 bits per heavy atom. The molecular weight excluding hydrogens is 448 g/mol. The molecule has 3 aliphatic heterocycles. The van der Waals surface area contributed by atoms with Crippen LogP contribution in [-0.4, -0.2) is 49.8 Å². The van der Waals surface area contributed by atoms with Crippen molar-refractivity contribution in [2.24, 2.45) is 0 Å². The average molecular weight is 471 g/mol. The van der Waals surface area contributed by atoms with Gasteiger partial charge in [0.15, 0.2) is 0 Å². The van der Waals surface area contributed by atoms with Crippen molar-refractivity contribution < 1.29 is 27.5 Å². The molecule has 3 heterocycles. The standard InChI is InChI=1S/C22H22N4O6S/c27-20-12-21(28)24-18-11-16(5-6-17(18)23-20)33(30,31)25-9-7-15(8-10-25)26-19-4-2-1-3-14(19)13-32-22(26)29/h1-6,11,15H,7-10,12-13H2,(H,23,27)(H,24,28). The number of sulfonamides is 1. The fourth-order valence-corrected chi connectivity index (χ4v) is 5.94. The molecule has 0 bridgehead atoms. The molecule has 3 aliphatic rings. The summed E-state index contributed by atoms with van der Waals surface area (Å²) in [5.74, 6) is -0.961. The summed E-state index contributed by atoms with van der Waals surface area (Å²) in [7, 11) is -3.83. The predicted octanol–water partition coefficient (Wildman–Crippen LogP) is 2.28. The van der Waals surface area contributed by atoms with E-state index in [2.05, 4.69) is 10.6 Å². The van der Waals surface area contributed by atoms with Gasteiger partial charge in [-0.15, -0.1) is 0 Å². The van der Waals surface area contributed by atoms with Crippen LogP contribution in [0.1, 0.15) is 24.8 Å². The lowest BCUT2D eigenvalue weighted by molar-refractivity contribution is -0.123. The molecule has 1 saturated heterocycles. The molecule has 1 fully saturated rings. The number of fused-ring (bicyclic) bond motifs is 2. The van der Waals surface area contributed by atoms with Crippen LogP contribution in [0.4, 0.5) is 21.9 Å². The van der Waals surface area contributed by atoms with Crippen molar-refractivity contribution in [1.29, 1.82) is 0 Å². The smallest absolute Gasteiger partial charge is 0.414 e. The monoisotopic (exact) mass is 470 g/mol. The van der Waals surface area contributed by atoms with Crippen molar-refractivity contribution in [1.82, 2.24) is 4.31 Å². The minimum Gasteiger partial charge on any atom is -0.444 e. The highest BCUT2D eigenvalue weighted by molar-refractivity contribution is 7.89. The lowest BCUT2D eigenvalue weighted by Gasteiger charge is -2.39. The van der Waals surface area contributed by atoms with Gasteiger partial charge >= 0.3 is 6.09 Å². The SMILES string of the molecule is O=C1CC(=O)Nc2cc(S(=O)(=O)N3CCC(N4C(=O)OCc5ccccc54)CC3)ccc2N1. The van der Waals surface area contributed by atoms with Crippen LogP contribution in [0.5, 0.6) is 0 Å². The number of hydrogen-bond donors (Lipinski definition) is 2. The molecule has 0 aliphatic carbocycles. The van der Waals surface area contributed by atoms with Gasteiger partial charge in [0.2, 0.25) is 21.8 Å². The molecule has 0 atom stereocenters. The van der Waals surface area contributed by atoms with E-state index >= 15 is 0 Å². The summed E-state index contributed by atoms with van der Waals surface area (Å²) in [6.45, 7) is 0.701. The zero-order valence-corrected chi connectivity index (χ0v) is 18.4. The zero-order valence-electron chi connectivity index (χ0n) is 17.6. The van der Waals surface area contributed by atoms with Crippen LogP contribution >= 0.6 is 0 Å². The predicted molar refractivity (Wildman–Crippen MR) is 119 cm³/mol. The molecule has 2 N–H and O–H groups in total. The minimum atomic E-state index is -3.83. The zero-order chi connectivity index (χ0) is 23.2. The molecule has 5 rings (SSSR count). The molecule has 0 radical (unpaired) electrons. The number of hydrogen-bond acceptors (Lipinski definition) is 6. The third kappa shape index (κ3) is 3.93. The van der Waals surface area contributed by atoms with Crippen molar-refractivity contribution >= 4 is 45.0 Å². The van der Waals surface area contributed by atoms with Gasteiger partial charge in [-0.05, 0) is 37.1 Å². The van der Waals surface area contributed by atoms with E-state index in [1.807, 2.05) is 24.3 Å². The highest BCUT2D eigenvalue weighted by atomic mass is 32.2. The Labute approximate surface area is 190 Å². The molecule has 2 aromatic rings. The van der Waals surface area contributed by atoms with E-state index in [9.17, 15) is 22.8 Å². The molecule has 0 aromatic heterocycles. The number of cyclic esters (lactones) is 1. The van der Waals surface area contributed by atoms with Crippen LogP contribution in [-0.2, 0) is 31.0 Å². The number of carbonyl (C=O) groups excluding carboxylic acids is 3. The summed E-state index contributed by atoms with van der Waals surface area (Å²) >= 11 is 0. The molecule has 3 amide bonds. The molecule has 33 heavy (non-hydrogen) atoms. The third-order valence-corrected chi connectivity index (χ3v) is 7.98. The molecule has 172 valence electrons. The van der Waals surface area contributed by atoms with Crippen molar-refractivity contribution in [2.75, 3.05) is 28.6 Å². The molecule has 10 nitrogen and oxygen atoms in total. The summed E-state index contributed by atoms with van der Waals surface area (Å²) in [5.41, 5.74) is 2.32. The maximum absolute atomic E-state index is 13.3. The molecule has 0 spiro atoms. The van der Waals surface area contributed by atoms with E-state index in [0.29, 0.717) is 18.5 Å². The number of ether oxygens (including phenoxy) is 1. The lowest BCUT2D eigenvalue weighted by atomic mass is 10.0. The number of piperidine rings is 1. The maximum atomic E-state index is 13.3. The number of para-hydroxylation sites is 1. The van der Waals surface area contributed by atoms with Gasteiger partial charge in [0.25, 0.3) is 0 Å². The maximum Gasteiger partial charge on any atom is 0.414 e. The average Bonchev–Trinajstić information content (AvgIpc) is 2.94. The Morgan fingerprint density at radius 3 is 2.36 bits per heavy atom. The number of carbonyl (C=O) groups is 3. The summed E-state index contributed by atoms with van der Waals surface area (Å²) < 4.78 is 33.2. The van der Waals surface area contributed by atoms with Crippen LogP contribution in [0.2, 0.25) is 0 Å². The first-order valence-corrected chi connectivity index (χ1v) is 12.0. The van der Waals surface area contributed by atoms with E-state index in [1.54, 1.807) is 4.90 Å². The van der Waals surface area contributed by atoms with Gasteiger partial charge in [0.05, 0.1) is 22.0 Å². The molecule has 0 unspecified atom stereocenters. The Kier molecular flexibility index (Phi) is 5.29. The fourth-order valence-electron chi connectivity index (χ4n) is 4.44. The minimum absolute atomic E-state index is 0.0267. The Balaban J connectivity index is 1.34. The number of nitrogens with one attached hydrogen (secondary N) is 2. The normalized spacial score (nSPS) is 19.6. The summed E-state index contributed by atoms with van der Waals surface area (Å²) in [5, 5.41) is 5.15. The Hall–Kier alpha value is -3.44. The Morgan fingerprint density at radius 2 is 1.61 bits per heavy atom. The number of amides is 3. The second kappa shape index (κ2) is 8.16. The van der Waals surface area contributed by atoms with Gasteiger partial charge < -0.3 is 15.4 Å². The summed E-state index contributed by atoms with van der Waals surface area (Å²) in [6.07, 6.45) is 0.172. The van der Waals surface area contributed by atoms with Crippen molar-refractivity contribution in [2.45, 2.75) is 36.8 Å². The first-order valence-electron chi connectivity index (χ1n) is 10.6. The van der Waals surface area contributed by atoms with Gasteiger partial charge in [0, 0.05) is 24.7 Å². The van der Waals surface area contributed by atoms with E-state index in [-0.39, 0.29) is 42.7 Å². The van der Waals surface area contributed by atoms with E-state index < -0.39 is 27.9 Å². The van der Waals surface area contributed by atoms with E-state index in [1.165, 1.54) is 22.5 Å². The second-order valence-corrected chi connectivity index (χ2v) is 10.1. The third-order valence-electron chi connectivity index (χ3n) is 6.09. The van der Waals surface area contributed by atoms with Crippen LogP contribution in [0.3, 0.4) is 0 Å². The quantitative estimate of drug-likeness (QED) is 0.663. The van der Waals surface area contributed by atoms with Gasteiger partial charge in [-0.25, -0.2) is 13.2 Å². The van der Waals surface area contributed by atoms with E-state index in [0.717, 1.165) is 11.3 Å². The highest BCUT2D eigenvalue weighted by Crippen LogP contribution is 2.34. The largest absolute Gasteiger partial charge is 0.444 e. The number of rotatable bonds is 3. The number of anilines is 3. The van der Waals surface area contributed by atoms with Crippen LogP contribution in [0, 0.1) is 0 Å². The van der Waals surface area contributed by atoms with Crippen molar-refractivity contribution in [3.63, 3.8) is 0 Å². The molecule has 11 heteroatoms. The van der Waals surface area contributed by atoms with Crippen LogP contribution in [0.15, 0.2) is 47.4 Å². The number of benzene rings is 2. The Bertz CT molecular complexity index is 1250. The highest BCUT2D eigenvalue weighted by Gasteiger charge is 2.37. The van der Waals surface area contributed by atoms with Crippen LogP contribution in [0.25, 0.3) is 0 Å². The number of nitrogens with zero attached hydrogens (tertiary/aromatic N) is 2. The first-order chi connectivity index (χ1) is 15.8. The molecule has 0 saturated carbocycles. The van der Waals surface area contributed by atoms with Gasteiger partial charge in [-0.2, -0.15) is 4.31 Å². The topological polar surface area (TPSA) is 125 Å². The van der Waals surface area contributed by atoms with Crippen LogP contribution < -0.4 is 15.5 Å². The van der Waals surface area contributed by atoms with Gasteiger partial charge in [-0.1, -0.05) is 18.2 Å². The van der Waals surface area contributed by atoms with Crippen molar-refractivity contribution in [3.8, 4) is 0 Å². The second-order valence-electron chi connectivity index (χ2n) is 8.17. The van der Waals surface area contributed by atoms with E-state index in [4.69, 9.17) is 4.74 Å². The van der Waals surface area contributed by atoms with Gasteiger partial charge in [-0.3, -0.25) is 14.5 Å². The summed E-state index contributed by atoms with van der Waals surface area (Å²) in [4.78, 5) is 37.7. The summed E-state index contributed by atoms with van der Waals surface area (Å²) in [6, 6.07) is 11.6. The molecule has 2 aromatic carbocycles. The molecular formula is C22H22N4O6S. The lowest BCUT2D eigenvalue weighted by Crippen LogP contribution is -2.50.